The van der Waals surface area contributed by atoms with E-state index in [1.165, 1.54) is 0 Å². The van der Waals surface area contributed by atoms with Crippen LogP contribution >= 0.6 is 22.5 Å². The monoisotopic (exact) mass is 196 g/mol. The molecule has 0 aliphatic heterocycles. The molecule has 0 N–H and O–H groups in total. The number of hydrogen-bond donors (Lipinski definition) is 1. The highest BCUT2D eigenvalue weighted by molar-refractivity contribution is 8.68. The molecule has 0 fully saturated rings. The summed E-state index contributed by atoms with van der Waals surface area (Å²) in [5, 5.41) is 0. The average Bonchev–Trinajstić information content (AvgIpc) is 1.85. The maximum absolute atomic E-state index is 12.6. The van der Waals surface area contributed by atoms with Gasteiger partial charge in [-0.25, -0.2) is 13.2 Å². The molecule has 60 valence electrons. The average molecular weight is 196 g/mol. The van der Waals surface area contributed by atoms with Gasteiger partial charge in [0.1, 0.15) is 17.5 Å². The summed E-state index contributed by atoms with van der Waals surface area (Å²) >= 11 is 3.60. The van der Waals surface area contributed by atoms with E-state index in [1.54, 1.807) is 0 Å². The molecule has 0 heterocycles. The number of benzene rings is 1. The maximum Gasteiger partial charge on any atom is 0.143 e. The first kappa shape index (κ1) is 8.80. The molecule has 0 aromatic heterocycles. The predicted molar refractivity (Wildman–Crippen MR) is 41.2 cm³/mol. The highest BCUT2D eigenvalue weighted by atomic mass is 33.1. The molecule has 11 heavy (non-hydrogen) atoms. The summed E-state index contributed by atoms with van der Waals surface area (Å²) in [7, 11) is 0.609. The van der Waals surface area contributed by atoms with Crippen molar-refractivity contribution in [1.82, 2.24) is 0 Å². The van der Waals surface area contributed by atoms with E-state index >= 15 is 0 Å². The van der Waals surface area contributed by atoms with Crippen LogP contribution in [0.15, 0.2) is 17.0 Å². The molecule has 0 amide bonds. The van der Waals surface area contributed by atoms with E-state index in [9.17, 15) is 13.2 Å². The van der Waals surface area contributed by atoms with Gasteiger partial charge in [-0.2, -0.15) is 0 Å². The van der Waals surface area contributed by atoms with Crippen LogP contribution in [0.2, 0.25) is 0 Å². The van der Waals surface area contributed by atoms with Crippen LogP contribution in [-0.2, 0) is 0 Å². The largest absolute Gasteiger partial charge is 0.207 e. The van der Waals surface area contributed by atoms with Crippen LogP contribution in [0.4, 0.5) is 13.2 Å². The summed E-state index contributed by atoms with van der Waals surface area (Å²) in [6.45, 7) is 0. The summed E-state index contributed by atoms with van der Waals surface area (Å²) in [4.78, 5) is -0.283. The van der Waals surface area contributed by atoms with Crippen molar-refractivity contribution in [1.29, 1.82) is 0 Å². The molecule has 0 nitrogen and oxygen atoms in total. The third-order valence-electron chi connectivity index (χ3n) is 1.05. The molecule has 0 saturated carbocycles. The second kappa shape index (κ2) is 3.40. The summed E-state index contributed by atoms with van der Waals surface area (Å²) in [5.74, 6) is -2.78. The van der Waals surface area contributed by atoms with Gasteiger partial charge in [-0.1, -0.05) is 10.8 Å². The molecular weight excluding hydrogens is 193 g/mol. The Labute approximate surface area is 70.6 Å². The summed E-state index contributed by atoms with van der Waals surface area (Å²) in [6.07, 6.45) is 0. The van der Waals surface area contributed by atoms with E-state index in [4.69, 9.17) is 0 Å². The van der Waals surface area contributed by atoms with Crippen LogP contribution in [0.25, 0.3) is 0 Å². The van der Waals surface area contributed by atoms with Crippen LogP contribution in [0.5, 0.6) is 0 Å². The number of thiol groups is 1. The lowest BCUT2D eigenvalue weighted by molar-refractivity contribution is 0.511. The zero-order valence-electron chi connectivity index (χ0n) is 5.14. The third kappa shape index (κ3) is 1.84. The van der Waals surface area contributed by atoms with Gasteiger partial charge in [0.05, 0.1) is 4.90 Å². The molecule has 0 radical (unpaired) electrons. The molecule has 0 bridgehead atoms. The van der Waals surface area contributed by atoms with Gasteiger partial charge in [0.2, 0.25) is 0 Å². The molecule has 0 atom stereocenters. The lowest BCUT2D eigenvalue weighted by Crippen LogP contribution is -1.87. The fourth-order valence-electron chi connectivity index (χ4n) is 0.616. The van der Waals surface area contributed by atoms with Crippen molar-refractivity contribution in [3.63, 3.8) is 0 Å². The zero-order valence-corrected chi connectivity index (χ0v) is 6.85. The molecule has 1 rings (SSSR count). The normalized spacial score (nSPS) is 10.2. The number of hydrogen-bond acceptors (Lipinski definition) is 2. The van der Waals surface area contributed by atoms with E-state index in [-0.39, 0.29) is 4.90 Å². The van der Waals surface area contributed by atoms with Gasteiger partial charge in [-0.3, -0.25) is 0 Å². The molecule has 1 aromatic rings. The Morgan fingerprint density at radius 2 is 1.55 bits per heavy atom. The van der Waals surface area contributed by atoms with Gasteiger partial charge < -0.3 is 0 Å². The van der Waals surface area contributed by atoms with Gasteiger partial charge >= 0.3 is 0 Å². The van der Waals surface area contributed by atoms with E-state index in [1.807, 2.05) is 0 Å². The highest BCUT2D eigenvalue weighted by Gasteiger charge is 2.09. The van der Waals surface area contributed by atoms with Crippen LogP contribution in [-0.4, -0.2) is 0 Å². The van der Waals surface area contributed by atoms with E-state index in [0.717, 1.165) is 0 Å². The minimum Gasteiger partial charge on any atom is -0.207 e. The molecular formula is C6H3F3S2. The summed E-state index contributed by atoms with van der Waals surface area (Å²) < 4.78 is 37.4. The standard InChI is InChI=1S/C6H3F3S2/c7-3-1-4(8)6(11-10)5(9)2-3/h1-2,10H. The third-order valence-corrected chi connectivity index (χ3v) is 2.17. The van der Waals surface area contributed by atoms with Gasteiger partial charge in [0.25, 0.3) is 0 Å². The zero-order chi connectivity index (χ0) is 8.43. The van der Waals surface area contributed by atoms with Crippen LogP contribution < -0.4 is 0 Å². The Bertz CT molecular complexity index is 252. The van der Waals surface area contributed by atoms with Gasteiger partial charge in [-0.15, -0.1) is 11.7 Å². The highest BCUT2D eigenvalue weighted by Crippen LogP contribution is 2.28. The second-order valence-corrected chi connectivity index (χ2v) is 2.93. The Hall–Kier alpha value is -0.290. The lowest BCUT2D eigenvalue weighted by Gasteiger charge is -1.98. The minimum atomic E-state index is -0.928. The van der Waals surface area contributed by atoms with Crippen molar-refractivity contribution in [3.05, 3.63) is 29.6 Å². The number of rotatable bonds is 1. The van der Waals surface area contributed by atoms with Crippen molar-refractivity contribution in [2.45, 2.75) is 4.90 Å². The Kier molecular flexibility index (Phi) is 2.72. The quantitative estimate of drug-likeness (QED) is 0.532. The maximum atomic E-state index is 12.6. The molecule has 0 saturated heterocycles. The number of halogens is 3. The fourth-order valence-corrected chi connectivity index (χ4v) is 1.43. The summed E-state index contributed by atoms with van der Waals surface area (Å²) in [6, 6.07) is 1.23. The van der Waals surface area contributed by atoms with Crippen LogP contribution in [0, 0.1) is 17.5 Å². The van der Waals surface area contributed by atoms with E-state index < -0.39 is 17.5 Å². The van der Waals surface area contributed by atoms with Gasteiger partial charge in [-0.05, 0) is 0 Å². The molecule has 0 unspecified atom stereocenters. The molecule has 0 spiro atoms. The van der Waals surface area contributed by atoms with Gasteiger partial charge in [0, 0.05) is 12.1 Å². The molecule has 1 aromatic carbocycles. The molecule has 0 aliphatic carbocycles. The first-order chi connectivity index (χ1) is 5.15. The topological polar surface area (TPSA) is 0 Å². The van der Waals surface area contributed by atoms with Crippen LogP contribution in [0.3, 0.4) is 0 Å². The van der Waals surface area contributed by atoms with Crippen LogP contribution in [0.1, 0.15) is 0 Å². The minimum absolute atomic E-state index is 0.283. The second-order valence-electron chi connectivity index (χ2n) is 1.79. The van der Waals surface area contributed by atoms with Gasteiger partial charge in [0.15, 0.2) is 0 Å². The molecule has 0 aliphatic rings. The Morgan fingerprint density at radius 3 is 1.91 bits per heavy atom. The SMILES string of the molecule is Fc1cc(F)c(SS)c(F)c1. The van der Waals surface area contributed by atoms with E-state index in [0.29, 0.717) is 22.9 Å². The molecule has 5 heteroatoms. The Balaban J connectivity index is 3.25. The Morgan fingerprint density at radius 1 is 1.09 bits per heavy atom. The van der Waals surface area contributed by atoms with E-state index in [2.05, 4.69) is 11.7 Å². The summed E-state index contributed by atoms with van der Waals surface area (Å²) in [5.41, 5.74) is 0. The smallest absolute Gasteiger partial charge is 0.143 e. The first-order valence-electron chi connectivity index (χ1n) is 2.61. The first-order valence-corrected chi connectivity index (χ1v) is 4.48. The van der Waals surface area contributed by atoms with Crippen molar-refractivity contribution in [3.8, 4) is 0 Å². The lowest BCUT2D eigenvalue weighted by atomic mass is 10.3. The predicted octanol–water partition coefficient (Wildman–Crippen LogP) is 3.04. The van der Waals surface area contributed by atoms with Crippen molar-refractivity contribution < 1.29 is 13.2 Å². The van der Waals surface area contributed by atoms with Crippen molar-refractivity contribution in [2.75, 3.05) is 0 Å². The van der Waals surface area contributed by atoms with Crippen molar-refractivity contribution >= 4 is 22.5 Å². The van der Waals surface area contributed by atoms with Crippen molar-refractivity contribution in [2.24, 2.45) is 0 Å². The fraction of sp³-hybridized carbons (Fsp3) is 0.